The van der Waals surface area contributed by atoms with Crippen LogP contribution in [0, 0.1) is 0 Å². The van der Waals surface area contributed by atoms with Crippen molar-refractivity contribution in [3.63, 3.8) is 0 Å². The molecule has 2 amide bonds. The van der Waals surface area contributed by atoms with Gasteiger partial charge in [0, 0.05) is 31.3 Å². The van der Waals surface area contributed by atoms with Crippen molar-refractivity contribution in [2.24, 2.45) is 7.05 Å². The van der Waals surface area contributed by atoms with Gasteiger partial charge in [-0.3, -0.25) is 10.00 Å². The van der Waals surface area contributed by atoms with Crippen LogP contribution in [0.15, 0.2) is 42.6 Å². The van der Waals surface area contributed by atoms with Gasteiger partial charge in [0.1, 0.15) is 0 Å². The summed E-state index contributed by atoms with van der Waals surface area (Å²) in [5.74, 6) is 0.787. The molecule has 0 bridgehead atoms. The van der Waals surface area contributed by atoms with Gasteiger partial charge in [0.05, 0.1) is 0 Å². The average molecular weight is 272 g/mol. The van der Waals surface area contributed by atoms with E-state index in [0.717, 1.165) is 0 Å². The summed E-state index contributed by atoms with van der Waals surface area (Å²) < 4.78 is 1.64. The molecule has 2 atom stereocenters. The number of aromatic nitrogens is 2. The minimum Gasteiger partial charge on any atom is -0.335 e. The molecule has 0 radical (unpaired) electrons. The maximum atomic E-state index is 11.9. The molecule has 20 heavy (non-hydrogen) atoms. The van der Waals surface area contributed by atoms with Gasteiger partial charge in [0.2, 0.25) is 0 Å². The van der Waals surface area contributed by atoms with Crippen molar-refractivity contribution in [3.8, 4) is 0 Å². The van der Waals surface area contributed by atoms with Crippen LogP contribution in [0.2, 0.25) is 0 Å². The van der Waals surface area contributed by atoms with E-state index < -0.39 is 0 Å². The molecule has 0 aliphatic rings. The number of benzene rings is 1. The van der Waals surface area contributed by atoms with Crippen LogP contribution in [0.5, 0.6) is 0 Å². The molecule has 2 rings (SSSR count). The molecule has 0 saturated heterocycles. The number of hydrogen-bond donors (Lipinski definition) is 2. The highest BCUT2D eigenvalue weighted by Crippen LogP contribution is 2.18. The van der Waals surface area contributed by atoms with Crippen molar-refractivity contribution in [1.82, 2.24) is 15.1 Å². The summed E-state index contributed by atoms with van der Waals surface area (Å²) in [6.45, 7) is 4.09. The monoisotopic (exact) mass is 272 g/mol. The summed E-state index contributed by atoms with van der Waals surface area (Å²) in [6, 6.07) is 11.7. The smallest absolute Gasteiger partial charge is 0.320 e. The third-order valence-corrected chi connectivity index (χ3v) is 3.39. The Balaban J connectivity index is 1.90. The van der Waals surface area contributed by atoms with Crippen molar-refractivity contribution in [2.75, 3.05) is 5.32 Å². The Kier molecular flexibility index (Phi) is 4.40. The molecule has 1 aromatic carbocycles. The van der Waals surface area contributed by atoms with E-state index in [4.69, 9.17) is 0 Å². The Bertz CT molecular complexity index is 564. The minimum atomic E-state index is -0.237. The first-order valence-corrected chi connectivity index (χ1v) is 6.68. The molecule has 2 aromatic rings. The van der Waals surface area contributed by atoms with Crippen molar-refractivity contribution in [3.05, 3.63) is 48.2 Å². The second-order valence-electron chi connectivity index (χ2n) is 4.96. The van der Waals surface area contributed by atoms with Gasteiger partial charge in [0.25, 0.3) is 0 Å². The van der Waals surface area contributed by atoms with Crippen LogP contribution in [0.3, 0.4) is 0 Å². The van der Waals surface area contributed by atoms with Crippen LogP contribution in [0.4, 0.5) is 10.6 Å². The van der Waals surface area contributed by atoms with Crippen LogP contribution in [0.25, 0.3) is 0 Å². The Labute approximate surface area is 119 Å². The van der Waals surface area contributed by atoms with Crippen LogP contribution in [-0.2, 0) is 7.05 Å². The number of rotatable bonds is 4. The first-order valence-electron chi connectivity index (χ1n) is 6.68. The summed E-state index contributed by atoms with van der Waals surface area (Å²) >= 11 is 0. The number of nitrogens with one attached hydrogen (secondary N) is 2. The van der Waals surface area contributed by atoms with Crippen LogP contribution in [-0.4, -0.2) is 21.9 Å². The summed E-state index contributed by atoms with van der Waals surface area (Å²) in [6.07, 6.45) is 1.78. The number of amides is 2. The maximum Gasteiger partial charge on any atom is 0.320 e. The quantitative estimate of drug-likeness (QED) is 0.899. The van der Waals surface area contributed by atoms with E-state index in [2.05, 4.69) is 34.8 Å². The molecule has 0 aliphatic carbocycles. The standard InChI is InChI=1S/C15H20N4O/c1-11(13-7-5-4-6-8-13)12(2)16-15(20)17-14-9-10-19(3)18-14/h4-12H,1-3H3,(H2,16,17,18,20). The molecule has 5 heteroatoms. The van der Waals surface area contributed by atoms with Gasteiger partial charge in [-0.15, -0.1) is 0 Å². The molecule has 5 nitrogen and oxygen atoms in total. The van der Waals surface area contributed by atoms with Crippen molar-refractivity contribution >= 4 is 11.8 Å². The molecular formula is C15H20N4O. The van der Waals surface area contributed by atoms with E-state index >= 15 is 0 Å². The Morgan fingerprint density at radius 2 is 1.90 bits per heavy atom. The Morgan fingerprint density at radius 3 is 2.50 bits per heavy atom. The topological polar surface area (TPSA) is 59.0 Å². The number of carbonyl (C=O) groups excluding carboxylic acids is 1. The van der Waals surface area contributed by atoms with Crippen LogP contribution >= 0.6 is 0 Å². The van der Waals surface area contributed by atoms with E-state index in [1.165, 1.54) is 5.56 Å². The zero-order chi connectivity index (χ0) is 14.5. The Morgan fingerprint density at radius 1 is 1.20 bits per heavy atom. The van der Waals surface area contributed by atoms with Gasteiger partial charge >= 0.3 is 6.03 Å². The van der Waals surface area contributed by atoms with Gasteiger partial charge in [-0.2, -0.15) is 5.10 Å². The average Bonchev–Trinajstić information content (AvgIpc) is 2.84. The normalized spacial score (nSPS) is 13.6. The van der Waals surface area contributed by atoms with Crippen molar-refractivity contribution < 1.29 is 4.79 Å². The SMILES string of the molecule is CC(NC(=O)Nc1ccn(C)n1)C(C)c1ccccc1. The van der Waals surface area contributed by atoms with Gasteiger partial charge in [-0.05, 0) is 12.5 Å². The number of anilines is 1. The predicted molar refractivity (Wildman–Crippen MR) is 79.7 cm³/mol. The van der Waals surface area contributed by atoms with E-state index in [9.17, 15) is 4.79 Å². The lowest BCUT2D eigenvalue weighted by Gasteiger charge is -2.21. The van der Waals surface area contributed by atoms with E-state index in [1.54, 1.807) is 16.9 Å². The lowest BCUT2D eigenvalue weighted by Crippen LogP contribution is -2.39. The fraction of sp³-hybridized carbons (Fsp3) is 0.333. The number of hydrogen-bond acceptors (Lipinski definition) is 2. The molecule has 2 unspecified atom stereocenters. The fourth-order valence-corrected chi connectivity index (χ4v) is 2.01. The third kappa shape index (κ3) is 3.60. The number of aryl methyl sites for hydroxylation is 1. The fourth-order valence-electron chi connectivity index (χ4n) is 2.01. The van der Waals surface area contributed by atoms with Gasteiger partial charge in [-0.25, -0.2) is 4.79 Å². The summed E-state index contributed by atoms with van der Waals surface area (Å²) in [5, 5.41) is 9.76. The molecule has 0 saturated carbocycles. The van der Waals surface area contributed by atoms with Crippen molar-refractivity contribution in [2.45, 2.75) is 25.8 Å². The summed E-state index contributed by atoms with van der Waals surface area (Å²) in [5.41, 5.74) is 1.21. The first kappa shape index (κ1) is 14.1. The molecule has 0 spiro atoms. The molecule has 1 aromatic heterocycles. The highest BCUT2D eigenvalue weighted by molar-refractivity contribution is 5.88. The third-order valence-electron chi connectivity index (χ3n) is 3.39. The Hall–Kier alpha value is -2.30. The van der Waals surface area contributed by atoms with E-state index in [-0.39, 0.29) is 18.0 Å². The minimum absolute atomic E-state index is 0.0288. The van der Waals surface area contributed by atoms with Crippen LogP contribution < -0.4 is 10.6 Å². The number of nitrogens with zero attached hydrogens (tertiary/aromatic N) is 2. The summed E-state index contributed by atoms with van der Waals surface area (Å²) in [7, 11) is 1.81. The molecule has 0 fully saturated rings. The van der Waals surface area contributed by atoms with Gasteiger partial charge in [-0.1, -0.05) is 37.3 Å². The second-order valence-corrected chi connectivity index (χ2v) is 4.96. The van der Waals surface area contributed by atoms with Crippen LogP contribution in [0.1, 0.15) is 25.3 Å². The number of urea groups is 1. The molecule has 2 N–H and O–H groups in total. The highest BCUT2D eigenvalue weighted by Gasteiger charge is 2.16. The largest absolute Gasteiger partial charge is 0.335 e. The highest BCUT2D eigenvalue weighted by atomic mass is 16.2. The maximum absolute atomic E-state index is 11.9. The lowest BCUT2D eigenvalue weighted by atomic mass is 9.95. The number of carbonyl (C=O) groups is 1. The van der Waals surface area contributed by atoms with E-state index in [0.29, 0.717) is 5.82 Å². The molecule has 1 heterocycles. The second kappa shape index (κ2) is 6.23. The predicted octanol–water partition coefficient (Wildman–Crippen LogP) is 2.73. The molecule has 106 valence electrons. The van der Waals surface area contributed by atoms with Gasteiger partial charge < -0.3 is 5.32 Å². The zero-order valence-electron chi connectivity index (χ0n) is 12.0. The summed E-state index contributed by atoms with van der Waals surface area (Å²) in [4.78, 5) is 11.9. The van der Waals surface area contributed by atoms with Gasteiger partial charge in [0.15, 0.2) is 5.82 Å². The molecular weight excluding hydrogens is 252 g/mol. The first-order chi connectivity index (χ1) is 9.56. The molecule has 0 aliphatic heterocycles. The van der Waals surface area contributed by atoms with Crippen molar-refractivity contribution in [1.29, 1.82) is 0 Å². The zero-order valence-corrected chi connectivity index (χ0v) is 12.0. The van der Waals surface area contributed by atoms with E-state index in [1.807, 2.05) is 32.2 Å². The lowest BCUT2D eigenvalue weighted by molar-refractivity contribution is 0.247.